The van der Waals surface area contributed by atoms with Crippen molar-refractivity contribution in [2.45, 2.75) is 19.6 Å². The predicted molar refractivity (Wildman–Crippen MR) is 104 cm³/mol. The lowest BCUT2D eigenvalue weighted by molar-refractivity contribution is -0.692. The molecule has 8 heteroatoms. The van der Waals surface area contributed by atoms with Crippen molar-refractivity contribution in [3.05, 3.63) is 82.2 Å². The summed E-state index contributed by atoms with van der Waals surface area (Å²) in [7, 11) is 0. The maximum atomic E-state index is 13.2. The minimum absolute atomic E-state index is 0.128. The van der Waals surface area contributed by atoms with Gasteiger partial charge in [0.05, 0.1) is 18.1 Å². The number of carbonyl (C=O) groups excluding carboxylic acids is 1. The number of nitro benzene ring substituents is 1. The van der Waals surface area contributed by atoms with Crippen LogP contribution in [0.15, 0.2) is 60.4 Å². The molecule has 0 unspecified atom stereocenters. The molecule has 0 bridgehead atoms. The summed E-state index contributed by atoms with van der Waals surface area (Å²) in [5, 5.41) is 20.7. The van der Waals surface area contributed by atoms with Crippen LogP contribution in [-0.2, 0) is 19.2 Å². The van der Waals surface area contributed by atoms with E-state index in [1.807, 2.05) is 0 Å². The largest absolute Gasteiger partial charge is 0.758 e. The number of Topliss-reactive ketones (excluding diaryl/α,β-unsaturated/α-hetero) is 1. The van der Waals surface area contributed by atoms with Gasteiger partial charge in [-0.1, -0.05) is 18.2 Å². The van der Waals surface area contributed by atoms with Crippen LogP contribution in [0.1, 0.15) is 27.5 Å². The van der Waals surface area contributed by atoms with Gasteiger partial charge >= 0.3 is 0 Å². The van der Waals surface area contributed by atoms with Gasteiger partial charge in [0.15, 0.2) is 12.4 Å². The van der Waals surface area contributed by atoms with E-state index in [1.165, 1.54) is 18.2 Å². The fraction of sp³-hybridized carbons (Fsp3) is 0.211. The van der Waals surface area contributed by atoms with E-state index in [2.05, 4.69) is 11.6 Å². The number of aromatic nitrogens is 1. The zero-order valence-corrected chi connectivity index (χ0v) is 15.6. The Bertz CT molecular complexity index is 912. The number of aryl methyl sites for hydroxylation is 1. The van der Waals surface area contributed by atoms with Crippen LogP contribution in [0.5, 0.6) is 0 Å². The number of nitrogens with zero attached hydrogens (tertiary/aromatic N) is 3. The third kappa shape index (κ3) is 4.81. The highest BCUT2D eigenvalue weighted by atomic mass is 32.1. The number of carbonyl (C=O) groups is 1. The Morgan fingerprint density at radius 1 is 1.48 bits per heavy atom. The Labute approximate surface area is 162 Å². The zero-order chi connectivity index (χ0) is 20.0. The van der Waals surface area contributed by atoms with Crippen LogP contribution >= 0.6 is 0 Å². The monoisotopic (exact) mass is 385 g/mol. The molecule has 1 heterocycles. The van der Waals surface area contributed by atoms with E-state index in [0.717, 1.165) is 0 Å². The highest BCUT2D eigenvalue weighted by Crippen LogP contribution is 2.22. The van der Waals surface area contributed by atoms with Crippen LogP contribution in [0.2, 0.25) is 0 Å². The summed E-state index contributed by atoms with van der Waals surface area (Å²) in [4.78, 5) is 28.0. The first-order valence-electron chi connectivity index (χ1n) is 8.11. The number of rotatable bonds is 8. The van der Waals surface area contributed by atoms with Gasteiger partial charge in [-0.2, -0.15) is 4.57 Å². The molecule has 0 saturated heterocycles. The number of pyridine rings is 1. The van der Waals surface area contributed by atoms with Crippen LogP contribution in [0.4, 0.5) is 5.69 Å². The SMILES string of the molecule is C=CCN=C([S-])[C@H](C(=O)c1ccc(C)c([N+](=O)[O-])c1)[n+]1cccc(CO)c1. The lowest BCUT2D eigenvalue weighted by Gasteiger charge is -2.19. The molecule has 0 spiro atoms. The lowest BCUT2D eigenvalue weighted by Crippen LogP contribution is -2.48. The molecule has 7 nitrogen and oxygen atoms in total. The topological polar surface area (TPSA) is 96.7 Å². The minimum atomic E-state index is -0.964. The molecule has 2 aromatic rings. The van der Waals surface area contributed by atoms with Gasteiger partial charge in [0, 0.05) is 28.8 Å². The quantitative estimate of drug-likeness (QED) is 0.110. The summed E-state index contributed by atoms with van der Waals surface area (Å²) in [5.41, 5.74) is 1.08. The summed E-state index contributed by atoms with van der Waals surface area (Å²) in [6.07, 6.45) is 4.79. The van der Waals surface area contributed by atoms with E-state index in [-0.39, 0.29) is 29.4 Å². The maximum Gasteiger partial charge on any atom is 0.273 e. The first-order valence-corrected chi connectivity index (χ1v) is 8.52. The van der Waals surface area contributed by atoms with Gasteiger partial charge in [-0.25, -0.2) is 0 Å². The van der Waals surface area contributed by atoms with Crippen LogP contribution < -0.4 is 4.57 Å². The molecule has 1 aromatic carbocycles. The third-order valence-corrected chi connectivity index (χ3v) is 4.27. The molecular weight excluding hydrogens is 366 g/mol. The van der Waals surface area contributed by atoms with Crippen LogP contribution in [-0.4, -0.2) is 27.4 Å². The van der Waals surface area contributed by atoms with E-state index in [0.29, 0.717) is 11.1 Å². The Hall–Kier alpha value is -2.97. The number of hydrogen-bond acceptors (Lipinski definition) is 6. The van der Waals surface area contributed by atoms with Crippen molar-refractivity contribution < 1.29 is 19.4 Å². The lowest BCUT2D eigenvalue weighted by atomic mass is 10.0. The number of nitro groups is 1. The molecule has 0 amide bonds. The smallest absolute Gasteiger partial charge is 0.273 e. The molecule has 140 valence electrons. The van der Waals surface area contributed by atoms with Crippen molar-refractivity contribution in [3.63, 3.8) is 0 Å². The molecule has 2 rings (SSSR count). The van der Waals surface area contributed by atoms with Crippen LogP contribution in [0, 0.1) is 17.0 Å². The number of hydrogen-bond donors (Lipinski definition) is 1. The Morgan fingerprint density at radius 2 is 2.22 bits per heavy atom. The molecule has 1 N–H and O–H groups in total. The molecule has 0 aliphatic carbocycles. The van der Waals surface area contributed by atoms with E-state index in [1.54, 1.807) is 42.1 Å². The first-order chi connectivity index (χ1) is 12.9. The van der Waals surface area contributed by atoms with E-state index in [9.17, 15) is 20.0 Å². The molecule has 1 atom stereocenters. The average molecular weight is 385 g/mol. The van der Waals surface area contributed by atoms with Crippen LogP contribution in [0.3, 0.4) is 0 Å². The number of benzene rings is 1. The molecule has 1 aromatic heterocycles. The van der Waals surface area contributed by atoms with Gasteiger partial charge in [0.25, 0.3) is 5.69 Å². The van der Waals surface area contributed by atoms with Gasteiger partial charge in [-0.15, -0.1) is 6.58 Å². The molecule has 0 saturated carbocycles. The average Bonchev–Trinajstić information content (AvgIpc) is 2.66. The first kappa shape index (κ1) is 20.3. The molecular formula is C19H19N3O4S. The Kier molecular flexibility index (Phi) is 6.86. The van der Waals surface area contributed by atoms with E-state index < -0.39 is 16.7 Å². The highest BCUT2D eigenvalue weighted by Gasteiger charge is 2.30. The molecule has 0 fully saturated rings. The van der Waals surface area contributed by atoms with Crippen molar-refractivity contribution in [2.75, 3.05) is 6.54 Å². The number of aliphatic hydroxyl groups excluding tert-OH is 1. The summed E-state index contributed by atoms with van der Waals surface area (Å²) >= 11 is 5.34. The Balaban J connectivity index is 2.56. The number of aliphatic hydroxyl groups is 1. The summed E-state index contributed by atoms with van der Waals surface area (Å²) in [6, 6.07) is 6.73. The molecule has 0 radical (unpaired) electrons. The zero-order valence-electron chi connectivity index (χ0n) is 14.7. The van der Waals surface area contributed by atoms with Gasteiger partial charge in [0.2, 0.25) is 11.8 Å². The van der Waals surface area contributed by atoms with Gasteiger partial charge in [-0.05, 0) is 18.0 Å². The van der Waals surface area contributed by atoms with Crippen LogP contribution in [0.25, 0.3) is 0 Å². The number of aliphatic imine (C=N–C) groups is 1. The maximum absolute atomic E-state index is 13.2. The molecule has 27 heavy (non-hydrogen) atoms. The summed E-state index contributed by atoms with van der Waals surface area (Å²) < 4.78 is 1.55. The van der Waals surface area contributed by atoms with Gasteiger partial charge < -0.3 is 22.7 Å². The normalized spacial score (nSPS) is 12.4. The second-order valence-electron chi connectivity index (χ2n) is 5.81. The fourth-order valence-corrected chi connectivity index (χ4v) is 2.83. The van der Waals surface area contributed by atoms with Crippen molar-refractivity contribution in [1.82, 2.24) is 0 Å². The van der Waals surface area contributed by atoms with E-state index >= 15 is 0 Å². The second-order valence-corrected chi connectivity index (χ2v) is 6.23. The Morgan fingerprint density at radius 3 is 2.85 bits per heavy atom. The third-order valence-electron chi connectivity index (χ3n) is 3.91. The van der Waals surface area contributed by atoms with E-state index in [4.69, 9.17) is 12.6 Å². The van der Waals surface area contributed by atoms with Crippen molar-refractivity contribution >= 4 is 29.1 Å². The molecule has 0 aliphatic rings. The van der Waals surface area contributed by atoms with Gasteiger partial charge in [0.1, 0.15) is 0 Å². The van der Waals surface area contributed by atoms with Crippen molar-refractivity contribution in [2.24, 2.45) is 4.99 Å². The van der Waals surface area contributed by atoms with Crippen molar-refractivity contribution in [1.29, 1.82) is 0 Å². The highest BCUT2D eigenvalue weighted by molar-refractivity contribution is 7.77. The number of ketones is 1. The van der Waals surface area contributed by atoms with Gasteiger partial charge in [-0.3, -0.25) is 14.9 Å². The summed E-state index contributed by atoms with van der Waals surface area (Å²) in [6.45, 7) is 5.23. The summed E-state index contributed by atoms with van der Waals surface area (Å²) in [5.74, 6) is -0.420. The minimum Gasteiger partial charge on any atom is -0.758 e. The van der Waals surface area contributed by atoms with Crippen molar-refractivity contribution in [3.8, 4) is 0 Å². The predicted octanol–water partition coefficient (Wildman–Crippen LogP) is 2.24. The molecule has 0 aliphatic heterocycles. The fourth-order valence-electron chi connectivity index (χ4n) is 2.53. The second kappa shape index (κ2) is 9.11. The standard InChI is InChI=1S/C19H19N3O4S/c1-3-8-20-19(27)17(21-9-4-5-14(11-21)12-23)18(24)15-7-6-13(2)16(10-15)22(25)26/h3-7,9-11,17,23H,1,8,12H2,2H3/t17-/m0/s1.